The minimum absolute atomic E-state index is 1.17. The summed E-state index contributed by atoms with van der Waals surface area (Å²) in [5, 5.41) is 0. The van der Waals surface area contributed by atoms with Crippen LogP contribution in [-0.2, 0) is 0 Å². The van der Waals surface area contributed by atoms with E-state index in [1.54, 1.807) is 0 Å². The van der Waals surface area contributed by atoms with E-state index >= 15 is 0 Å². The molecule has 0 radical (unpaired) electrons. The molecule has 0 atom stereocenters. The topological polar surface area (TPSA) is 0 Å². The van der Waals surface area contributed by atoms with Gasteiger partial charge in [-0.1, -0.05) is 48.4 Å². The Morgan fingerprint density at radius 3 is 2.58 bits per heavy atom. The molecule has 0 spiro atoms. The Bertz CT molecular complexity index is 233. The molecule has 0 bridgehead atoms. The van der Waals surface area contributed by atoms with Gasteiger partial charge in [-0.15, -0.1) is 0 Å². The third-order valence-electron chi connectivity index (χ3n) is 2.14. The number of unbranched alkanes of at least 4 members (excludes halogenated alkanes) is 2. The fraction of sp³-hybridized carbons (Fsp3) is 0.455. The molecule has 1 aliphatic carbocycles. The molecule has 0 fully saturated rings. The molecule has 0 N–H and O–H groups in total. The van der Waals surface area contributed by atoms with Crippen LogP contribution in [-0.4, -0.2) is 0 Å². The largest absolute Gasteiger partial charge is 0.0914 e. The second-order valence-electron chi connectivity index (χ2n) is 3.14. The highest BCUT2D eigenvalue weighted by atomic mass is 79.9. The molecule has 0 heterocycles. The molecule has 0 unspecified atom stereocenters. The predicted octanol–water partition coefficient (Wildman–Crippen LogP) is 4.34. The summed E-state index contributed by atoms with van der Waals surface area (Å²) in [5.41, 5.74) is 2.57. The van der Waals surface area contributed by atoms with Crippen molar-refractivity contribution in [1.82, 2.24) is 0 Å². The van der Waals surface area contributed by atoms with Crippen molar-refractivity contribution in [3.8, 4) is 0 Å². The van der Waals surface area contributed by atoms with Crippen molar-refractivity contribution < 1.29 is 0 Å². The summed E-state index contributed by atoms with van der Waals surface area (Å²) in [4.78, 5) is 0. The average Bonchev–Trinajstić information content (AvgIpc) is 2.35. The van der Waals surface area contributed by atoms with Gasteiger partial charge in [0.05, 0.1) is 0 Å². The van der Waals surface area contributed by atoms with Crippen LogP contribution in [0.5, 0.6) is 0 Å². The quantitative estimate of drug-likeness (QED) is 0.626. The summed E-state index contributed by atoms with van der Waals surface area (Å²) < 4.78 is 1.23. The molecule has 0 saturated carbocycles. The lowest BCUT2D eigenvalue weighted by Crippen LogP contribution is -1.84. The summed E-state index contributed by atoms with van der Waals surface area (Å²) in [7, 11) is 0. The van der Waals surface area contributed by atoms with Crippen molar-refractivity contribution in [2.24, 2.45) is 0 Å². The molecule has 0 amide bonds. The van der Waals surface area contributed by atoms with Crippen molar-refractivity contribution in [1.29, 1.82) is 0 Å². The standard InChI is InChI=1S/C11H15Br/c1-3-4-5-6-10-9(2)7-8-11(10)12/h7-8H,2-6H2,1H3. The Hall–Kier alpha value is -0.300. The molecule has 1 heteroatoms. The lowest BCUT2D eigenvalue weighted by atomic mass is 10.0. The van der Waals surface area contributed by atoms with Crippen LogP contribution in [0.1, 0.15) is 32.6 Å². The van der Waals surface area contributed by atoms with Crippen LogP contribution in [0.15, 0.2) is 34.4 Å². The van der Waals surface area contributed by atoms with Crippen LogP contribution in [0.2, 0.25) is 0 Å². The van der Waals surface area contributed by atoms with Crippen LogP contribution in [0, 0.1) is 0 Å². The van der Waals surface area contributed by atoms with Gasteiger partial charge in [-0.25, -0.2) is 0 Å². The van der Waals surface area contributed by atoms with E-state index in [-0.39, 0.29) is 0 Å². The Morgan fingerprint density at radius 1 is 1.33 bits per heavy atom. The first-order chi connectivity index (χ1) is 5.75. The van der Waals surface area contributed by atoms with Gasteiger partial charge in [-0.2, -0.15) is 0 Å². The third-order valence-corrected chi connectivity index (χ3v) is 2.88. The number of hydrogen-bond donors (Lipinski definition) is 0. The van der Waals surface area contributed by atoms with E-state index in [0.717, 1.165) is 0 Å². The molecule has 0 aromatic rings. The average molecular weight is 227 g/mol. The molecule has 1 rings (SSSR count). The Morgan fingerprint density at radius 2 is 2.08 bits per heavy atom. The maximum atomic E-state index is 3.99. The number of allylic oxidation sites excluding steroid dienone is 5. The first kappa shape index (κ1) is 9.79. The fourth-order valence-electron chi connectivity index (χ4n) is 1.36. The molecule has 66 valence electrons. The van der Waals surface area contributed by atoms with Gasteiger partial charge in [0.2, 0.25) is 0 Å². The molecule has 0 aromatic heterocycles. The molecule has 0 nitrogen and oxygen atoms in total. The monoisotopic (exact) mass is 226 g/mol. The van der Waals surface area contributed by atoms with Crippen LogP contribution in [0.4, 0.5) is 0 Å². The lowest BCUT2D eigenvalue weighted by Gasteiger charge is -2.03. The van der Waals surface area contributed by atoms with Crippen molar-refractivity contribution in [3.05, 3.63) is 34.4 Å². The maximum absolute atomic E-state index is 3.99. The van der Waals surface area contributed by atoms with Crippen molar-refractivity contribution in [2.45, 2.75) is 32.6 Å². The maximum Gasteiger partial charge on any atom is 0.0213 e. The highest BCUT2D eigenvalue weighted by Gasteiger charge is 2.09. The van der Waals surface area contributed by atoms with Gasteiger partial charge in [0.25, 0.3) is 0 Å². The highest BCUT2D eigenvalue weighted by Crippen LogP contribution is 2.31. The van der Waals surface area contributed by atoms with E-state index in [4.69, 9.17) is 0 Å². The molecule has 0 aromatic carbocycles. The van der Waals surface area contributed by atoms with Gasteiger partial charge in [0.1, 0.15) is 0 Å². The Kier molecular flexibility index (Phi) is 3.80. The van der Waals surface area contributed by atoms with E-state index < -0.39 is 0 Å². The van der Waals surface area contributed by atoms with Crippen LogP contribution < -0.4 is 0 Å². The fourth-order valence-corrected chi connectivity index (χ4v) is 1.95. The third kappa shape index (κ3) is 2.34. The van der Waals surface area contributed by atoms with E-state index in [9.17, 15) is 0 Å². The summed E-state index contributed by atoms with van der Waals surface area (Å²) in [6, 6.07) is 0. The molecule has 12 heavy (non-hydrogen) atoms. The Labute approximate surface area is 83.2 Å². The second kappa shape index (κ2) is 4.66. The van der Waals surface area contributed by atoms with Gasteiger partial charge in [-0.3, -0.25) is 0 Å². The minimum Gasteiger partial charge on any atom is -0.0914 e. The highest BCUT2D eigenvalue weighted by molar-refractivity contribution is 9.11. The molecular formula is C11H15Br. The summed E-state index contributed by atoms with van der Waals surface area (Å²) in [5.74, 6) is 0. The van der Waals surface area contributed by atoms with Crippen LogP contribution in [0.25, 0.3) is 0 Å². The SMILES string of the molecule is C=C1C=CC(Br)=C1CCCCC. The molecular weight excluding hydrogens is 212 g/mol. The van der Waals surface area contributed by atoms with Crippen molar-refractivity contribution in [3.63, 3.8) is 0 Å². The first-order valence-corrected chi connectivity index (χ1v) is 5.31. The van der Waals surface area contributed by atoms with Crippen LogP contribution in [0.3, 0.4) is 0 Å². The molecule has 0 saturated heterocycles. The normalized spacial score (nSPS) is 16.3. The Balaban J connectivity index is 2.42. The van der Waals surface area contributed by atoms with Gasteiger partial charge < -0.3 is 0 Å². The van der Waals surface area contributed by atoms with E-state index in [1.165, 1.54) is 41.3 Å². The first-order valence-electron chi connectivity index (χ1n) is 4.51. The van der Waals surface area contributed by atoms with Gasteiger partial charge in [0.15, 0.2) is 0 Å². The van der Waals surface area contributed by atoms with Gasteiger partial charge in [0, 0.05) is 4.48 Å². The summed E-state index contributed by atoms with van der Waals surface area (Å²) >= 11 is 3.53. The zero-order valence-electron chi connectivity index (χ0n) is 7.57. The lowest BCUT2D eigenvalue weighted by molar-refractivity contribution is 0.718. The summed E-state index contributed by atoms with van der Waals surface area (Å²) in [6.45, 7) is 6.22. The smallest absolute Gasteiger partial charge is 0.0213 e. The zero-order chi connectivity index (χ0) is 8.97. The molecule has 0 aliphatic heterocycles. The number of halogens is 1. The second-order valence-corrected chi connectivity index (χ2v) is 4.00. The zero-order valence-corrected chi connectivity index (χ0v) is 9.15. The summed E-state index contributed by atoms with van der Waals surface area (Å²) in [6.07, 6.45) is 9.21. The molecule has 1 aliphatic rings. The minimum atomic E-state index is 1.17. The van der Waals surface area contributed by atoms with Crippen molar-refractivity contribution >= 4 is 15.9 Å². The van der Waals surface area contributed by atoms with Gasteiger partial charge >= 0.3 is 0 Å². The van der Waals surface area contributed by atoms with E-state index in [0.29, 0.717) is 0 Å². The predicted molar refractivity (Wildman–Crippen MR) is 58.4 cm³/mol. The number of rotatable bonds is 4. The number of hydrogen-bond acceptors (Lipinski definition) is 0. The van der Waals surface area contributed by atoms with Crippen molar-refractivity contribution in [2.75, 3.05) is 0 Å². The van der Waals surface area contributed by atoms with E-state index in [2.05, 4.69) is 41.6 Å². The van der Waals surface area contributed by atoms with Crippen LogP contribution >= 0.6 is 15.9 Å². The van der Waals surface area contributed by atoms with E-state index in [1.807, 2.05) is 0 Å². The van der Waals surface area contributed by atoms with Gasteiger partial charge in [-0.05, 0) is 30.1 Å².